The van der Waals surface area contributed by atoms with Gasteiger partial charge in [0.2, 0.25) is 0 Å². The average Bonchev–Trinajstić information content (AvgIpc) is 3.38. The van der Waals surface area contributed by atoms with Crippen molar-refractivity contribution in [3.63, 3.8) is 0 Å². The van der Waals surface area contributed by atoms with Crippen LogP contribution in [0.1, 0.15) is 88.2 Å². The highest BCUT2D eigenvalue weighted by Crippen LogP contribution is 2.66. The lowest BCUT2D eigenvalue weighted by Crippen LogP contribution is -2.29. The van der Waals surface area contributed by atoms with Gasteiger partial charge < -0.3 is 5.11 Å². The molecule has 2 aromatic rings. The first-order valence-electron chi connectivity index (χ1n) is 13.3. The minimum absolute atomic E-state index is 0.168. The Kier molecular flexibility index (Phi) is 8.41. The van der Waals surface area contributed by atoms with Crippen LogP contribution in [0.25, 0.3) is 11.1 Å². The molecular formula is C32H39NO. The van der Waals surface area contributed by atoms with Crippen LogP contribution in [-0.2, 0) is 0 Å². The zero-order chi connectivity index (χ0) is 23.8. The number of hydrogen-bond donors (Lipinski definition) is 1. The third-order valence-electron chi connectivity index (χ3n) is 8.19. The summed E-state index contributed by atoms with van der Waals surface area (Å²) in [6, 6.07) is 23.7. The Morgan fingerprint density at radius 2 is 1.53 bits per heavy atom. The predicted octanol–water partition coefficient (Wildman–Crippen LogP) is 8.35. The number of aliphatic hydroxyl groups is 1. The number of nitriles is 1. The van der Waals surface area contributed by atoms with Crippen molar-refractivity contribution in [2.75, 3.05) is 0 Å². The van der Waals surface area contributed by atoms with E-state index in [4.69, 9.17) is 5.26 Å². The van der Waals surface area contributed by atoms with Crippen molar-refractivity contribution >= 4 is 11.1 Å². The Hall–Kier alpha value is -2.63. The van der Waals surface area contributed by atoms with Crippen molar-refractivity contribution in [3.05, 3.63) is 83.9 Å². The van der Waals surface area contributed by atoms with Gasteiger partial charge in [-0.1, -0.05) is 105 Å². The third kappa shape index (κ3) is 5.06. The fourth-order valence-corrected chi connectivity index (χ4v) is 6.54. The number of unbranched alkanes of at least 4 members (excludes halogenated alkanes) is 7. The fraction of sp³-hybridized carbons (Fsp3) is 0.469. The van der Waals surface area contributed by atoms with Crippen LogP contribution in [0.2, 0.25) is 0 Å². The van der Waals surface area contributed by atoms with Gasteiger partial charge in [0.05, 0.1) is 12.2 Å². The molecule has 0 heterocycles. The quantitative estimate of drug-likeness (QED) is 0.328. The minimum atomic E-state index is -0.259. The maximum absolute atomic E-state index is 11.1. The number of rotatable bonds is 12. The summed E-state index contributed by atoms with van der Waals surface area (Å²) in [5, 5.41) is 19.7. The average molecular weight is 454 g/mol. The van der Waals surface area contributed by atoms with Gasteiger partial charge in [0, 0.05) is 17.8 Å². The first-order chi connectivity index (χ1) is 16.7. The van der Waals surface area contributed by atoms with E-state index in [1.54, 1.807) is 5.57 Å². The molecule has 34 heavy (non-hydrogen) atoms. The van der Waals surface area contributed by atoms with Crippen molar-refractivity contribution in [1.29, 1.82) is 5.26 Å². The smallest absolute Gasteiger partial charge is 0.0621 e. The molecule has 0 bridgehead atoms. The van der Waals surface area contributed by atoms with Crippen LogP contribution in [0, 0.1) is 22.7 Å². The standard InChI is InChI=1S/C32H39NO/c1-25(26-16-11-8-12-17-26)32-22-21-30(34)29(32)24-28(31(32)27-18-13-9-14-19-27)20-10-6-4-2-3-5-7-15-23-33/h8-9,11-14,16-19,29-30,34H,1-7,10,15,20-22,24H2. The van der Waals surface area contributed by atoms with E-state index in [1.807, 2.05) is 0 Å². The molecule has 3 atom stereocenters. The summed E-state index contributed by atoms with van der Waals surface area (Å²) in [6.07, 6.45) is 12.8. The molecular weight excluding hydrogens is 414 g/mol. The topological polar surface area (TPSA) is 44.0 Å². The van der Waals surface area contributed by atoms with E-state index in [1.165, 1.54) is 60.8 Å². The molecule has 2 aliphatic rings. The summed E-state index contributed by atoms with van der Waals surface area (Å²) >= 11 is 0. The molecule has 178 valence electrons. The Morgan fingerprint density at radius 3 is 2.21 bits per heavy atom. The van der Waals surface area contributed by atoms with Crippen molar-refractivity contribution in [2.24, 2.45) is 11.3 Å². The highest BCUT2D eigenvalue weighted by molar-refractivity contribution is 5.90. The number of hydrogen-bond acceptors (Lipinski definition) is 2. The van der Waals surface area contributed by atoms with E-state index in [0.29, 0.717) is 6.42 Å². The SMILES string of the molecule is C=C(c1ccccc1)C12CCC(O)C1CC(CCCCCCCCCC#N)=C2c1ccccc1. The largest absolute Gasteiger partial charge is 0.393 e. The van der Waals surface area contributed by atoms with E-state index in [2.05, 4.69) is 73.3 Å². The van der Waals surface area contributed by atoms with Crippen molar-refractivity contribution < 1.29 is 5.11 Å². The second-order valence-electron chi connectivity index (χ2n) is 10.2. The maximum Gasteiger partial charge on any atom is 0.0621 e. The van der Waals surface area contributed by atoms with Crippen LogP contribution in [0.15, 0.2) is 72.8 Å². The monoisotopic (exact) mass is 453 g/mol. The van der Waals surface area contributed by atoms with E-state index in [9.17, 15) is 5.11 Å². The molecule has 0 saturated heterocycles. The summed E-state index contributed by atoms with van der Waals surface area (Å²) in [6.45, 7) is 4.67. The van der Waals surface area contributed by atoms with Gasteiger partial charge in [-0.25, -0.2) is 0 Å². The number of aliphatic hydroxyl groups excluding tert-OH is 1. The summed E-state index contributed by atoms with van der Waals surface area (Å²) in [4.78, 5) is 0. The van der Waals surface area contributed by atoms with Crippen molar-refractivity contribution in [2.45, 2.75) is 83.2 Å². The van der Waals surface area contributed by atoms with Gasteiger partial charge >= 0.3 is 0 Å². The van der Waals surface area contributed by atoms with Gasteiger partial charge in [-0.2, -0.15) is 5.26 Å². The maximum atomic E-state index is 11.1. The second kappa shape index (κ2) is 11.7. The predicted molar refractivity (Wildman–Crippen MR) is 142 cm³/mol. The molecule has 1 saturated carbocycles. The summed E-state index contributed by atoms with van der Waals surface area (Å²) < 4.78 is 0. The summed E-state index contributed by atoms with van der Waals surface area (Å²) in [5.74, 6) is 0.227. The Labute approximate surface area is 206 Å². The molecule has 2 aliphatic carbocycles. The highest BCUT2D eigenvalue weighted by Gasteiger charge is 2.56. The first-order valence-corrected chi connectivity index (χ1v) is 13.3. The zero-order valence-electron chi connectivity index (χ0n) is 20.5. The molecule has 3 unspecified atom stereocenters. The van der Waals surface area contributed by atoms with Crippen LogP contribution < -0.4 is 0 Å². The molecule has 0 aromatic heterocycles. The number of benzene rings is 2. The van der Waals surface area contributed by atoms with E-state index < -0.39 is 0 Å². The lowest BCUT2D eigenvalue weighted by atomic mass is 9.66. The minimum Gasteiger partial charge on any atom is -0.393 e. The molecule has 0 amide bonds. The Balaban J connectivity index is 1.54. The molecule has 2 aromatic carbocycles. The van der Waals surface area contributed by atoms with Crippen LogP contribution in [0.5, 0.6) is 0 Å². The van der Waals surface area contributed by atoms with Crippen LogP contribution in [0.4, 0.5) is 0 Å². The number of nitrogens with zero attached hydrogens (tertiary/aromatic N) is 1. The lowest BCUT2D eigenvalue weighted by molar-refractivity contribution is 0.120. The van der Waals surface area contributed by atoms with Crippen LogP contribution in [0.3, 0.4) is 0 Å². The van der Waals surface area contributed by atoms with Crippen LogP contribution in [-0.4, -0.2) is 11.2 Å². The zero-order valence-corrected chi connectivity index (χ0v) is 20.5. The molecule has 0 aliphatic heterocycles. The van der Waals surface area contributed by atoms with Gasteiger partial charge in [0.25, 0.3) is 0 Å². The molecule has 4 rings (SSSR count). The third-order valence-corrected chi connectivity index (χ3v) is 8.19. The van der Waals surface area contributed by atoms with Crippen molar-refractivity contribution in [1.82, 2.24) is 0 Å². The normalized spacial score (nSPS) is 23.6. The van der Waals surface area contributed by atoms with Gasteiger partial charge in [0.15, 0.2) is 0 Å². The molecule has 1 N–H and O–H groups in total. The molecule has 0 spiro atoms. The van der Waals surface area contributed by atoms with Gasteiger partial charge in [0.1, 0.15) is 0 Å². The second-order valence-corrected chi connectivity index (χ2v) is 10.2. The first kappa shape index (κ1) is 24.5. The molecule has 1 fully saturated rings. The molecule has 0 radical (unpaired) electrons. The van der Waals surface area contributed by atoms with E-state index in [0.717, 1.165) is 32.1 Å². The van der Waals surface area contributed by atoms with Crippen molar-refractivity contribution in [3.8, 4) is 6.07 Å². The highest BCUT2D eigenvalue weighted by atomic mass is 16.3. The molecule has 2 heteroatoms. The van der Waals surface area contributed by atoms with E-state index >= 15 is 0 Å². The lowest BCUT2D eigenvalue weighted by Gasteiger charge is -2.37. The van der Waals surface area contributed by atoms with E-state index in [-0.39, 0.29) is 17.4 Å². The van der Waals surface area contributed by atoms with Crippen LogP contribution >= 0.6 is 0 Å². The van der Waals surface area contributed by atoms with Gasteiger partial charge in [-0.05, 0) is 60.8 Å². The number of fused-ring (bicyclic) bond motifs is 1. The summed E-state index contributed by atoms with van der Waals surface area (Å²) in [5.41, 5.74) is 6.52. The fourth-order valence-electron chi connectivity index (χ4n) is 6.54. The molecule has 2 nitrogen and oxygen atoms in total. The Morgan fingerprint density at radius 1 is 0.912 bits per heavy atom. The number of allylic oxidation sites excluding steroid dienone is 3. The Bertz CT molecular complexity index is 1020. The summed E-state index contributed by atoms with van der Waals surface area (Å²) in [7, 11) is 0. The van der Waals surface area contributed by atoms with Gasteiger partial charge in [-0.3, -0.25) is 0 Å². The van der Waals surface area contributed by atoms with Gasteiger partial charge in [-0.15, -0.1) is 0 Å².